The van der Waals surface area contributed by atoms with Gasteiger partial charge in [-0.1, -0.05) is 6.92 Å². The summed E-state index contributed by atoms with van der Waals surface area (Å²) in [6.45, 7) is 6.02. The lowest BCUT2D eigenvalue weighted by molar-refractivity contribution is -0.123. The number of hydrogen-bond donors (Lipinski definition) is 2. The van der Waals surface area contributed by atoms with E-state index < -0.39 is 15.9 Å². The van der Waals surface area contributed by atoms with Crippen molar-refractivity contribution in [3.63, 3.8) is 0 Å². The Bertz CT molecular complexity index is 1530. The van der Waals surface area contributed by atoms with Crippen molar-refractivity contribution in [2.45, 2.75) is 38.1 Å². The number of H-pyrrole nitrogens is 1. The largest absolute Gasteiger partial charge is 0.367 e. The van der Waals surface area contributed by atoms with Crippen molar-refractivity contribution in [1.82, 2.24) is 9.29 Å². The highest BCUT2D eigenvalue weighted by atomic mass is 32.2. The van der Waals surface area contributed by atoms with E-state index in [1.807, 2.05) is 25.7 Å². The maximum Gasteiger partial charge on any atom is 0.257 e. The SMILES string of the molecule is Cc1cc(=O)[nH]c2ccc(NC(=O)c3cc(S(=O)(=O)N(C)C)ccc3N3CC(C)C(=O)CC3C)cc12. The van der Waals surface area contributed by atoms with Gasteiger partial charge in [-0.2, -0.15) is 0 Å². The summed E-state index contributed by atoms with van der Waals surface area (Å²) >= 11 is 0. The Balaban J connectivity index is 1.78. The van der Waals surface area contributed by atoms with Crippen molar-refractivity contribution in [3.05, 3.63) is 63.9 Å². The van der Waals surface area contributed by atoms with Crippen LogP contribution in [0.3, 0.4) is 0 Å². The molecule has 1 aliphatic rings. The number of pyridine rings is 1. The van der Waals surface area contributed by atoms with Crippen LogP contribution in [-0.2, 0) is 14.8 Å². The molecule has 3 aromatic rings. The molecular weight excluding hydrogens is 480 g/mol. The summed E-state index contributed by atoms with van der Waals surface area (Å²) in [5.74, 6) is -0.506. The zero-order chi connectivity index (χ0) is 26.4. The molecule has 1 fully saturated rings. The van der Waals surface area contributed by atoms with Gasteiger partial charge in [0.25, 0.3) is 5.91 Å². The first-order chi connectivity index (χ1) is 16.9. The monoisotopic (exact) mass is 510 g/mol. The number of benzene rings is 2. The van der Waals surface area contributed by atoms with E-state index in [-0.39, 0.29) is 33.8 Å². The lowest BCUT2D eigenvalue weighted by atomic mass is 9.92. The zero-order valence-corrected chi connectivity index (χ0v) is 21.8. The first-order valence-corrected chi connectivity index (χ1v) is 13.1. The quantitative estimate of drug-likeness (QED) is 0.544. The molecule has 1 saturated heterocycles. The van der Waals surface area contributed by atoms with Gasteiger partial charge in [0.05, 0.1) is 10.5 Å². The van der Waals surface area contributed by atoms with E-state index in [1.165, 1.54) is 32.3 Å². The van der Waals surface area contributed by atoms with Gasteiger partial charge in [0.2, 0.25) is 15.6 Å². The maximum absolute atomic E-state index is 13.6. The molecule has 2 unspecified atom stereocenters. The minimum Gasteiger partial charge on any atom is -0.367 e. The molecule has 36 heavy (non-hydrogen) atoms. The molecule has 9 nitrogen and oxygen atoms in total. The van der Waals surface area contributed by atoms with E-state index in [9.17, 15) is 22.8 Å². The highest BCUT2D eigenvalue weighted by molar-refractivity contribution is 7.89. The standard InChI is InChI=1S/C26H30N4O5S/c1-15-10-25(32)28-22-8-6-18(12-20(15)22)27-26(33)21-13-19(36(34,35)29(4)5)7-9-23(21)30-14-16(2)24(31)11-17(30)3/h6-10,12-13,16-17H,11,14H2,1-5H3,(H,27,33)(H,28,32). The maximum atomic E-state index is 13.6. The number of amides is 1. The van der Waals surface area contributed by atoms with Gasteiger partial charge >= 0.3 is 0 Å². The molecule has 2 heterocycles. The number of nitrogens with zero attached hydrogens (tertiary/aromatic N) is 2. The Hall–Kier alpha value is -3.50. The number of hydrogen-bond acceptors (Lipinski definition) is 6. The molecule has 2 aromatic carbocycles. The van der Waals surface area contributed by atoms with E-state index in [1.54, 1.807) is 24.3 Å². The van der Waals surface area contributed by atoms with E-state index in [4.69, 9.17) is 0 Å². The molecule has 0 saturated carbocycles. The molecule has 0 aliphatic carbocycles. The Morgan fingerprint density at radius 3 is 2.50 bits per heavy atom. The first kappa shape index (κ1) is 25.6. The number of piperidine rings is 1. The average molecular weight is 511 g/mol. The first-order valence-electron chi connectivity index (χ1n) is 11.7. The molecule has 190 valence electrons. The van der Waals surface area contributed by atoms with Gasteiger partial charge in [-0.25, -0.2) is 12.7 Å². The van der Waals surface area contributed by atoms with E-state index in [0.717, 1.165) is 15.3 Å². The number of rotatable bonds is 5. The molecule has 0 spiro atoms. The fourth-order valence-corrected chi connectivity index (χ4v) is 5.46. The number of carbonyl (C=O) groups is 2. The minimum absolute atomic E-state index is 0.00196. The third-order valence-corrected chi connectivity index (χ3v) is 8.47. The Morgan fingerprint density at radius 1 is 1.08 bits per heavy atom. The number of aromatic amines is 1. The van der Waals surface area contributed by atoms with Crippen molar-refractivity contribution < 1.29 is 18.0 Å². The van der Waals surface area contributed by atoms with E-state index in [0.29, 0.717) is 29.9 Å². The lowest BCUT2D eigenvalue weighted by Crippen LogP contribution is -2.46. The molecule has 2 atom stereocenters. The summed E-state index contributed by atoms with van der Waals surface area (Å²) in [5.41, 5.74) is 2.49. The second-order valence-electron chi connectivity index (χ2n) is 9.57. The highest BCUT2D eigenvalue weighted by Gasteiger charge is 2.32. The Labute approximate surface area is 210 Å². The van der Waals surface area contributed by atoms with Gasteiger partial charge in [0.1, 0.15) is 5.78 Å². The van der Waals surface area contributed by atoms with Crippen LogP contribution in [-0.4, -0.2) is 56.1 Å². The summed E-state index contributed by atoms with van der Waals surface area (Å²) in [5, 5.41) is 3.67. The molecule has 1 aliphatic heterocycles. The summed E-state index contributed by atoms with van der Waals surface area (Å²) in [4.78, 5) is 42.4. The number of carbonyl (C=O) groups excluding carboxylic acids is 2. The second-order valence-corrected chi connectivity index (χ2v) is 11.7. The van der Waals surface area contributed by atoms with Gasteiger partial charge in [-0.15, -0.1) is 0 Å². The number of Topliss-reactive ketones (excluding diaryl/α,β-unsaturated/α-hetero) is 1. The topological polar surface area (TPSA) is 120 Å². The number of aromatic nitrogens is 1. The molecule has 0 bridgehead atoms. The number of aryl methyl sites for hydroxylation is 1. The third-order valence-electron chi connectivity index (χ3n) is 6.66. The van der Waals surface area contributed by atoms with Crippen molar-refractivity contribution in [2.75, 3.05) is 30.9 Å². The van der Waals surface area contributed by atoms with Crippen LogP contribution in [0.2, 0.25) is 0 Å². The van der Waals surface area contributed by atoms with Crippen LogP contribution in [0, 0.1) is 12.8 Å². The molecule has 1 aromatic heterocycles. The predicted molar refractivity (Wildman–Crippen MR) is 140 cm³/mol. The normalized spacial score (nSPS) is 18.6. The third kappa shape index (κ3) is 4.78. The van der Waals surface area contributed by atoms with Crippen molar-refractivity contribution in [3.8, 4) is 0 Å². The smallest absolute Gasteiger partial charge is 0.257 e. The van der Waals surface area contributed by atoms with Gasteiger partial charge in [0.15, 0.2) is 0 Å². The van der Waals surface area contributed by atoms with Crippen molar-refractivity contribution in [1.29, 1.82) is 0 Å². The van der Waals surface area contributed by atoms with Crippen LogP contribution in [0.25, 0.3) is 10.9 Å². The van der Waals surface area contributed by atoms with Gasteiger partial charge < -0.3 is 15.2 Å². The summed E-state index contributed by atoms with van der Waals surface area (Å²) < 4.78 is 26.8. The summed E-state index contributed by atoms with van der Waals surface area (Å²) in [6, 6.07) is 11.0. The number of sulfonamides is 1. The van der Waals surface area contributed by atoms with Gasteiger partial charge in [-0.3, -0.25) is 14.4 Å². The van der Waals surface area contributed by atoms with Gasteiger partial charge in [0, 0.05) is 67.4 Å². The molecule has 4 rings (SSSR count). The minimum atomic E-state index is -3.78. The fraction of sp³-hybridized carbons (Fsp3) is 0.346. The van der Waals surface area contributed by atoms with Crippen LogP contribution in [0.15, 0.2) is 52.2 Å². The van der Waals surface area contributed by atoms with Gasteiger partial charge in [-0.05, 0) is 55.8 Å². The number of anilines is 2. The highest BCUT2D eigenvalue weighted by Crippen LogP contribution is 2.32. The van der Waals surface area contributed by atoms with Crippen molar-refractivity contribution in [2.24, 2.45) is 5.92 Å². The molecule has 1 amide bonds. The van der Waals surface area contributed by atoms with Crippen molar-refractivity contribution >= 4 is 44.0 Å². The number of ketones is 1. The average Bonchev–Trinajstić information content (AvgIpc) is 2.81. The van der Waals surface area contributed by atoms with E-state index in [2.05, 4.69) is 10.3 Å². The predicted octanol–water partition coefficient (Wildman–Crippen LogP) is 3.14. The van der Waals surface area contributed by atoms with Crippen LogP contribution in [0.5, 0.6) is 0 Å². The molecular formula is C26H30N4O5S. The fourth-order valence-electron chi connectivity index (χ4n) is 4.53. The number of nitrogens with one attached hydrogen (secondary N) is 2. The number of fused-ring (bicyclic) bond motifs is 1. The van der Waals surface area contributed by atoms with Crippen LogP contribution in [0.1, 0.15) is 36.2 Å². The van der Waals surface area contributed by atoms with Crippen LogP contribution in [0.4, 0.5) is 11.4 Å². The van der Waals surface area contributed by atoms with E-state index >= 15 is 0 Å². The molecule has 10 heteroatoms. The second kappa shape index (κ2) is 9.51. The molecule has 0 radical (unpaired) electrons. The van der Waals surface area contributed by atoms with Crippen LogP contribution < -0.4 is 15.8 Å². The summed E-state index contributed by atoms with van der Waals surface area (Å²) in [7, 11) is -0.907. The Morgan fingerprint density at radius 2 is 1.81 bits per heavy atom. The Kier molecular flexibility index (Phi) is 6.76. The summed E-state index contributed by atoms with van der Waals surface area (Å²) in [6.07, 6.45) is 0.349. The molecule has 2 N–H and O–H groups in total. The zero-order valence-electron chi connectivity index (χ0n) is 21.0. The van der Waals surface area contributed by atoms with Crippen LogP contribution >= 0.6 is 0 Å². The lowest BCUT2D eigenvalue weighted by Gasteiger charge is -2.38.